The minimum atomic E-state index is -0.252. The van der Waals surface area contributed by atoms with Crippen molar-refractivity contribution in [2.45, 2.75) is 20.4 Å². The molecule has 0 spiro atoms. The molecule has 0 fully saturated rings. The van der Waals surface area contributed by atoms with E-state index in [-0.39, 0.29) is 12.5 Å². The van der Waals surface area contributed by atoms with Crippen molar-refractivity contribution in [2.75, 3.05) is 23.8 Å². The second-order valence-corrected chi connectivity index (χ2v) is 7.36. The molecular formula is C20H23BrN6O3. The van der Waals surface area contributed by atoms with Crippen LogP contribution in [0.25, 0.3) is 0 Å². The zero-order chi connectivity index (χ0) is 21.5. The second kappa shape index (κ2) is 10.1. The van der Waals surface area contributed by atoms with E-state index in [1.165, 1.54) is 0 Å². The monoisotopic (exact) mass is 474 g/mol. The number of anilines is 2. The van der Waals surface area contributed by atoms with Gasteiger partial charge in [0.15, 0.2) is 18.1 Å². The molecule has 0 atom stereocenters. The fourth-order valence-corrected chi connectivity index (χ4v) is 3.09. The zero-order valence-corrected chi connectivity index (χ0v) is 18.6. The predicted octanol–water partition coefficient (Wildman–Crippen LogP) is 3.31. The highest BCUT2D eigenvalue weighted by Crippen LogP contribution is 2.34. The Bertz CT molecular complexity index is 1010. The predicted molar refractivity (Wildman–Crippen MR) is 117 cm³/mol. The Labute approximate surface area is 182 Å². The van der Waals surface area contributed by atoms with Gasteiger partial charge in [0.25, 0.3) is 5.91 Å². The third kappa shape index (κ3) is 5.69. The number of nitrogens with zero attached hydrogens (tertiary/aromatic N) is 4. The number of carbonyl (C=O) groups is 1. The highest BCUT2D eigenvalue weighted by molar-refractivity contribution is 9.10. The van der Waals surface area contributed by atoms with Crippen LogP contribution in [0, 0.1) is 6.92 Å². The maximum atomic E-state index is 12.2. The molecule has 0 radical (unpaired) electrons. The van der Waals surface area contributed by atoms with Gasteiger partial charge in [-0.1, -0.05) is 38.7 Å². The van der Waals surface area contributed by atoms with E-state index in [2.05, 4.69) is 42.1 Å². The molecule has 0 unspecified atom stereocenters. The molecule has 158 valence electrons. The number of ether oxygens (including phenoxy) is 2. The summed E-state index contributed by atoms with van der Waals surface area (Å²) >= 11 is 3.55. The standard InChI is InChI=1S/C20H23BrN6O3/c1-4-29-17-9-14(11-22-20-24-25-26-27(20)3)16(21)10-18(17)30-12-19(28)23-15-7-5-13(2)6-8-15/h5-10H,4,11-12H2,1-3H3,(H,23,28)(H,22,24,26). The van der Waals surface area contributed by atoms with E-state index in [1.807, 2.05) is 44.2 Å². The van der Waals surface area contributed by atoms with Crippen LogP contribution in [0.3, 0.4) is 0 Å². The summed E-state index contributed by atoms with van der Waals surface area (Å²) in [6.45, 7) is 4.68. The highest BCUT2D eigenvalue weighted by atomic mass is 79.9. The molecule has 10 heteroatoms. The lowest BCUT2D eigenvalue weighted by Crippen LogP contribution is -2.20. The Hall–Kier alpha value is -3.14. The summed E-state index contributed by atoms with van der Waals surface area (Å²) < 4.78 is 13.8. The molecule has 0 saturated carbocycles. The molecule has 0 aliphatic rings. The van der Waals surface area contributed by atoms with Crippen LogP contribution in [0.2, 0.25) is 0 Å². The van der Waals surface area contributed by atoms with E-state index in [1.54, 1.807) is 17.8 Å². The molecule has 2 aromatic carbocycles. The van der Waals surface area contributed by atoms with E-state index < -0.39 is 0 Å². The van der Waals surface area contributed by atoms with Crippen molar-refractivity contribution in [1.82, 2.24) is 20.2 Å². The van der Waals surface area contributed by atoms with Crippen LogP contribution in [0.4, 0.5) is 11.6 Å². The maximum Gasteiger partial charge on any atom is 0.262 e. The third-order valence-electron chi connectivity index (χ3n) is 4.16. The first kappa shape index (κ1) is 21.6. The molecule has 1 aromatic heterocycles. The fraction of sp³-hybridized carbons (Fsp3) is 0.300. The zero-order valence-electron chi connectivity index (χ0n) is 17.0. The molecule has 3 aromatic rings. The van der Waals surface area contributed by atoms with Gasteiger partial charge in [0.2, 0.25) is 5.95 Å². The van der Waals surface area contributed by atoms with Crippen molar-refractivity contribution >= 4 is 33.5 Å². The van der Waals surface area contributed by atoms with Gasteiger partial charge in [0, 0.05) is 23.8 Å². The number of carbonyl (C=O) groups excluding carboxylic acids is 1. The number of rotatable bonds is 9. The number of hydrogen-bond donors (Lipinski definition) is 2. The number of nitrogens with one attached hydrogen (secondary N) is 2. The minimum Gasteiger partial charge on any atom is -0.490 e. The lowest BCUT2D eigenvalue weighted by molar-refractivity contribution is -0.118. The van der Waals surface area contributed by atoms with Crippen molar-refractivity contribution in [2.24, 2.45) is 7.05 Å². The molecule has 1 heterocycles. The van der Waals surface area contributed by atoms with Crippen molar-refractivity contribution in [1.29, 1.82) is 0 Å². The molecule has 1 amide bonds. The van der Waals surface area contributed by atoms with Crippen molar-refractivity contribution in [3.63, 3.8) is 0 Å². The molecule has 0 bridgehead atoms. The fourth-order valence-electron chi connectivity index (χ4n) is 2.62. The number of halogens is 1. The second-order valence-electron chi connectivity index (χ2n) is 6.51. The highest BCUT2D eigenvalue weighted by Gasteiger charge is 2.14. The third-order valence-corrected chi connectivity index (χ3v) is 4.90. The van der Waals surface area contributed by atoms with Gasteiger partial charge < -0.3 is 20.1 Å². The number of benzene rings is 2. The maximum absolute atomic E-state index is 12.2. The van der Waals surface area contributed by atoms with Crippen molar-refractivity contribution in [3.05, 3.63) is 52.0 Å². The molecule has 0 aliphatic carbocycles. The van der Waals surface area contributed by atoms with Crippen LogP contribution in [0.5, 0.6) is 11.5 Å². The van der Waals surface area contributed by atoms with E-state index in [4.69, 9.17) is 9.47 Å². The van der Waals surface area contributed by atoms with E-state index >= 15 is 0 Å². The molecular weight excluding hydrogens is 452 g/mol. The van der Waals surface area contributed by atoms with Gasteiger partial charge in [-0.15, -0.1) is 0 Å². The molecule has 0 saturated heterocycles. The summed E-state index contributed by atoms with van der Waals surface area (Å²) in [7, 11) is 1.75. The first-order valence-corrected chi connectivity index (χ1v) is 10.2. The van der Waals surface area contributed by atoms with Crippen LogP contribution in [-0.4, -0.2) is 39.3 Å². The first-order chi connectivity index (χ1) is 14.5. The lowest BCUT2D eigenvalue weighted by atomic mass is 10.2. The summed E-state index contributed by atoms with van der Waals surface area (Å²) in [4.78, 5) is 12.2. The number of aryl methyl sites for hydroxylation is 2. The molecule has 9 nitrogen and oxygen atoms in total. The molecule has 2 N–H and O–H groups in total. The average Bonchev–Trinajstić information content (AvgIpc) is 3.13. The Morgan fingerprint density at radius 2 is 1.90 bits per heavy atom. The van der Waals surface area contributed by atoms with Gasteiger partial charge in [0.05, 0.1) is 6.61 Å². The molecule has 30 heavy (non-hydrogen) atoms. The van der Waals surface area contributed by atoms with E-state index in [0.29, 0.717) is 30.6 Å². The van der Waals surface area contributed by atoms with Gasteiger partial charge in [-0.05, 0) is 54.1 Å². The summed E-state index contributed by atoms with van der Waals surface area (Å²) in [6, 6.07) is 11.2. The van der Waals surface area contributed by atoms with Crippen LogP contribution in [-0.2, 0) is 18.4 Å². The summed E-state index contributed by atoms with van der Waals surface area (Å²) in [5.41, 5.74) is 2.78. The van der Waals surface area contributed by atoms with Gasteiger partial charge in [-0.25, -0.2) is 4.68 Å². The van der Waals surface area contributed by atoms with Gasteiger partial charge >= 0.3 is 0 Å². The number of amides is 1. The SMILES string of the molecule is CCOc1cc(CNc2nnnn2C)c(Br)cc1OCC(=O)Nc1ccc(C)cc1. The van der Waals surface area contributed by atoms with Gasteiger partial charge in [-0.2, -0.15) is 0 Å². The summed E-state index contributed by atoms with van der Waals surface area (Å²) in [5, 5.41) is 17.3. The quantitative estimate of drug-likeness (QED) is 0.490. The van der Waals surface area contributed by atoms with E-state index in [0.717, 1.165) is 21.3 Å². The number of hydrogen-bond acceptors (Lipinski definition) is 7. The van der Waals surface area contributed by atoms with Crippen LogP contribution in [0.1, 0.15) is 18.1 Å². The van der Waals surface area contributed by atoms with Crippen LogP contribution in [0.15, 0.2) is 40.9 Å². The van der Waals surface area contributed by atoms with Crippen molar-refractivity contribution in [3.8, 4) is 11.5 Å². The molecule has 0 aliphatic heterocycles. The Balaban J connectivity index is 1.66. The van der Waals surface area contributed by atoms with Crippen LogP contribution < -0.4 is 20.1 Å². The number of tetrazole rings is 1. The average molecular weight is 475 g/mol. The van der Waals surface area contributed by atoms with E-state index in [9.17, 15) is 4.79 Å². The normalized spacial score (nSPS) is 10.5. The smallest absolute Gasteiger partial charge is 0.262 e. The largest absolute Gasteiger partial charge is 0.490 e. The first-order valence-electron chi connectivity index (χ1n) is 9.37. The Morgan fingerprint density at radius 3 is 2.57 bits per heavy atom. The van der Waals surface area contributed by atoms with Gasteiger partial charge in [0.1, 0.15) is 0 Å². The van der Waals surface area contributed by atoms with Crippen LogP contribution >= 0.6 is 15.9 Å². The van der Waals surface area contributed by atoms with Gasteiger partial charge in [-0.3, -0.25) is 4.79 Å². The molecule has 3 rings (SSSR count). The minimum absolute atomic E-state index is 0.136. The Kier molecular flexibility index (Phi) is 7.23. The Morgan fingerprint density at radius 1 is 1.17 bits per heavy atom. The number of aromatic nitrogens is 4. The summed E-state index contributed by atoms with van der Waals surface area (Å²) in [5.74, 6) is 1.33. The lowest BCUT2D eigenvalue weighted by Gasteiger charge is -2.15. The van der Waals surface area contributed by atoms with Crippen molar-refractivity contribution < 1.29 is 14.3 Å². The summed E-state index contributed by atoms with van der Waals surface area (Å²) in [6.07, 6.45) is 0. The topological polar surface area (TPSA) is 103 Å².